The number of carbonyl (C=O) groups is 1. The zero-order valence-corrected chi connectivity index (χ0v) is 25.0. The molecule has 5 nitrogen and oxygen atoms in total. The second kappa shape index (κ2) is 11.0. The van der Waals surface area contributed by atoms with Gasteiger partial charge in [0.15, 0.2) is 12.0 Å². The number of carbonyl (C=O) groups excluding carboxylic acids is 1. The largest absolute Gasteiger partial charge is 0.505 e. The number of hydrogen-bond acceptors (Lipinski definition) is 5. The van der Waals surface area contributed by atoms with Crippen LogP contribution in [0.2, 0.25) is 10.0 Å². The van der Waals surface area contributed by atoms with Crippen LogP contribution in [0.1, 0.15) is 84.8 Å². The average Bonchev–Trinajstić information content (AvgIpc) is 3.80. The number of benzene rings is 2. The van der Waals surface area contributed by atoms with Crippen molar-refractivity contribution in [1.82, 2.24) is 9.88 Å². The van der Waals surface area contributed by atoms with Crippen LogP contribution < -0.4 is 5.32 Å². The predicted molar refractivity (Wildman–Crippen MR) is 162 cm³/mol. The number of nitrogens with one attached hydrogen (secondary N) is 1. The lowest BCUT2D eigenvalue weighted by atomic mass is 9.88. The Bertz CT molecular complexity index is 1360. The lowest BCUT2D eigenvalue weighted by molar-refractivity contribution is 0.112. The maximum atomic E-state index is 12.6. The van der Waals surface area contributed by atoms with E-state index in [1.807, 2.05) is 0 Å². The highest BCUT2D eigenvalue weighted by Crippen LogP contribution is 2.52. The average molecular weight is 619 g/mol. The maximum absolute atomic E-state index is 12.6. The number of phenolic OH excluding ortho intramolecular Hbond substituents is 1. The summed E-state index contributed by atoms with van der Waals surface area (Å²) in [7, 11) is 4.32. The third kappa shape index (κ3) is 5.17. The van der Waals surface area contributed by atoms with Gasteiger partial charge in [-0.1, -0.05) is 29.3 Å². The van der Waals surface area contributed by atoms with Crippen molar-refractivity contribution >= 4 is 63.1 Å². The highest BCUT2D eigenvalue weighted by molar-refractivity contribution is 8.93. The van der Waals surface area contributed by atoms with Gasteiger partial charge < -0.3 is 15.3 Å². The number of halogens is 3. The highest BCUT2D eigenvalue weighted by Gasteiger charge is 2.35. The molecule has 3 saturated carbocycles. The van der Waals surface area contributed by atoms with Crippen molar-refractivity contribution in [2.24, 2.45) is 0 Å². The summed E-state index contributed by atoms with van der Waals surface area (Å²) in [4.78, 5) is 20.0. The third-order valence-electron chi connectivity index (χ3n) is 8.43. The molecule has 202 valence electrons. The molecule has 0 amide bonds. The maximum Gasteiger partial charge on any atom is 0.154 e. The zero-order valence-electron chi connectivity index (χ0n) is 21.8. The van der Waals surface area contributed by atoms with Crippen molar-refractivity contribution in [2.75, 3.05) is 19.4 Å². The molecule has 38 heavy (non-hydrogen) atoms. The minimum Gasteiger partial charge on any atom is -0.505 e. The summed E-state index contributed by atoms with van der Waals surface area (Å²) >= 11 is 12.7. The number of anilines is 1. The SMILES string of the molecule is Br.CN(C)C1CCC(Nc2c(C=O)c(C3CC3)nc3ccc(-c4cc(Cl)c(O)c(Cl)c4)c(C4CC4)c23)CC1. The van der Waals surface area contributed by atoms with Crippen LogP contribution in [-0.2, 0) is 0 Å². The summed E-state index contributed by atoms with van der Waals surface area (Å²) in [6.45, 7) is 0. The Morgan fingerprint density at radius 2 is 1.61 bits per heavy atom. The number of aromatic nitrogens is 1. The van der Waals surface area contributed by atoms with Crippen molar-refractivity contribution in [1.29, 1.82) is 0 Å². The molecule has 3 aromatic rings. The second-order valence-corrected chi connectivity index (χ2v) is 12.1. The molecule has 3 fully saturated rings. The molecular weight excluding hydrogens is 585 g/mol. The highest BCUT2D eigenvalue weighted by atomic mass is 79.9. The molecule has 0 bridgehead atoms. The van der Waals surface area contributed by atoms with Crippen molar-refractivity contribution in [3.8, 4) is 16.9 Å². The van der Waals surface area contributed by atoms with Gasteiger partial charge in [-0.15, -0.1) is 17.0 Å². The first-order valence-corrected chi connectivity index (χ1v) is 14.2. The van der Waals surface area contributed by atoms with Crippen LogP contribution in [0.25, 0.3) is 22.0 Å². The molecule has 1 aromatic heterocycles. The topological polar surface area (TPSA) is 65.5 Å². The first kappa shape index (κ1) is 27.7. The lowest BCUT2D eigenvalue weighted by Crippen LogP contribution is -2.36. The van der Waals surface area contributed by atoms with Gasteiger partial charge in [0.1, 0.15) is 0 Å². The molecule has 1 heterocycles. The minimum atomic E-state index is -0.101. The molecule has 0 aliphatic heterocycles. The molecule has 0 unspecified atom stereocenters. The molecule has 0 saturated heterocycles. The Morgan fingerprint density at radius 1 is 0.974 bits per heavy atom. The van der Waals surface area contributed by atoms with E-state index in [1.165, 1.54) is 5.56 Å². The van der Waals surface area contributed by atoms with Crippen molar-refractivity contribution in [2.45, 2.75) is 75.3 Å². The van der Waals surface area contributed by atoms with Crippen LogP contribution >= 0.6 is 40.2 Å². The van der Waals surface area contributed by atoms with Crippen LogP contribution in [-0.4, -0.2) is 47.5 Å². The Morgan fingerprint density at radius 3 is 2.16 bits per heavy atom. The van der Waals surface area contributed by atoms with Crippen LogP contribution in [0.5, 0.6) is 5.75 Å². The van der Waals surface area contributed by atoms with E-state index in [0.717, 1.165) is 96.6 Å². The second-order valence-electron chi connectivity index (χ2n) is 11.3. The molecule has 6 rings (SSSR count). The number of aldehydes is 1. The van der Waals surface area contributed by atoms with Crippen molar-refractivity contribution in [3.63, 3.8) is 0 Å². The first-order valence-electron chi connectivity index (χ1n) is 13.4. The van der Waals surface area contributed by atoms with E-state index < -0.39 is 0 Å². The summed E-state index contributed by atoms with van der Waals surface area (Å²) in [6.07, 6.45) is 9.83. The van der Waals surface area contributed by atoms with E-state index in [0.29, 0.717) is 23.9 Å². The summed E-state index contributed by atoms with van der Waals surface area (Å²) in [5, 5.41) is 15.6. The number of aromatic hydroxyl groups is 1. The third-order valence-corrected chi connectivity index (χ3v) is 9.01. The van der Waals surface area contributed by atoms with Gasteiger partial charge >= 0.3 is 0 Å². The van der Waals surface area contributed by atoms with Crippen LogP contribution in [0.15, 0.2) is 24.3 Å². The van der Waals surface area contributed by atoms with E-state index >= 15 is 0 Å². The van der Waals surface area contributed by atoms with Gasteiger partial charge in [-0.3, -0.25) is 9.78 Å². The van der Waals surface area contributed by atoms with E-state index in [4.69, 9.17) is 28.2 Å². The van der Waals surface area contributed by atoms with Gasteiger partial charge in [0.05, 0.1) is 32.5 Å². The molecule has 3 aliphatic carbocycles. The standard InChI is InChI=1S/C30H33Cl2N3O2.BrH/c1-35(2)20-9-7-19(8-10-20)33-29-22(15-36)28(17-5-6-17)34-25-12-11-21(26(27(25)29)16-3-4-16)18-13-23(31)30(37)24(32)14-18;/h11-17,19-20,37H,3-10H2,1-2H3,(H,33,34);1H. The van der Waals surface area contributed by atoms with E-state index in [-0.39, 0.29) is 32.8 Å². The smallest absolute Gasteiger partial charge is 0.154 e. The molecule has 0 atom stereocenters. The Labute approximate surface area is 244 Å². The zero-order chi connectivity index (χ0) is 25.8. The lowest BCUT2D eigenvalue weighted by Gasteiger charge is -2.34. The van der Waals surface area contributed by atoms with E-state index in [9.17, 15) is 9.90 Å². The number of nitrogens with zero attached hydrogens (tertiary/aromatic N) is 2. The quantitative estimate of drug-likeness (QED) is 0.261. The fraction of sp³-hybridized carbons (Fsp3) is 0.467. The first-order chi connectivity index (χ1) is 17.9. The Balaban J connectivity index is 0.00000294. The molecule has 3 aliphatic rings. The fourth-order valence-corrected chi connectivity index (χ4v) is 6.55. The molecular formula is C30H34BrCl2N3O2. The molecule has 2 aromatic carbocycles. The monoisotopic (exact) mass is 617 g/mol. The van der Waals surface area contributed by atoms with Crippen molar-refractivity contribution < 1.29 is 9.90 Å². The minimum absolute atomic E-state index is 0. The van der Waals surface area contributed by atoms with Crippen LogP contribution in [0.3, 0.4) is 0 Å². The van der Waals surface area contributed by atoms with Crippen LogP contribution in [0.4, 0.5) is 5.69 Å². The normalized spacial score (nSPS) is 21.4. The molecule has 8 heteroatoms. The Kier molecular flexibility index (Phi) is 7.99. The number of hydrogen-bond donors (Lipinski definition) is 2. The molecule has 2 N–H and O–H groups in total. The molecule has 0 spiro atoms. The number of rotatable bonds is 7. The summed E-state index contributed by atoms with van der Waals surface area (Å²) in [5.41, 5.74) is 6.68. The van der Waals surface area contributed by atoms with Gasteiger partial charge in [-0.25, -0.2) is 0 Å². The van der Waals surface area contributed by atoms with E-state index in [1.54, 1.807) is 12.1 Å². The Hall–Kier alpha value is -1.86. The summed E-state index contributed by atoms with van der Waals surface area (Å²) < 4.78 is 0. The fourth-order valence-electron chi connectivity index (χ4n) is 6.06. The summed E-state index contributed by atoms with van der Waals surface area (Å²) in [6, 6.07) is 8.65. The van der Waals surface area contributed by atoms with Crippen molar-refractivity contribution in [3.05, 3.63) is 51.1 Å². The number of phenols is 1. The van der Waals surface area contributed by atoms with Gasteiger partial charge in [0.25, 0.3) is 0 Å². The van der Waals surface area contributed by atoms with Crippen LogP contribution in [0, 0.1) is 0 Å². The number of pyridine rings is 1. The van der Waals surface area contributed by atoms with Gasteiger partial charge in [-0.05, 0) is 106 Å². The number of fused-ring (bicyclic) bond motifs is 1. The van der Waals surface area contributed by atoms with Gasteiger partial charge in [0.2, 0.25) is 0 Å². The molecule has 0 radical (unpaired) electrons. The van der Waals surface area contributed by atoms with Gasteiger partial charge in [-0.2, -0.15) is 0 Å². The van der Waals surface area contributed by atoms with Gasteiger partial charge in [0, 0.05) is 23.4 Å². The van der Waals surface area contributed by atoms with E-state index in [2.05, 4.69) is 36.4 Å². The predicted octanol–water partition coefficient (Wildman–Crippen LogP) is 8.34. The summed E-state index contributed by atoms with van der Waals surface area (Å²) in [5.74, 6) is 0.659.